The number of hydrogen-bond donors (Lipinski definition) is 3. The minimum atomic E-state index is 0.426. The van der Waals surface area contributed by atoms with Crippen LogP contribution in [0, 0.1) is 0 Å². The Hall–Kier alpha value is -3.26. The number of nitrogens with zero attached hydrogens (tertiary/aromatic N) is 5. The third-order valence-electron chi connectivity index (χ3n) is 5.34. The maximum absolute atomic E-state index is 5.90. The summed E-state index contributed by atoms with van der Waals surface area (Å²) in [7, 11) is 0. The number of anilines is 1. The molecular formula is C20H22N8. The summed E-state index contributed by atoms with van der Waals surface area (Å²) < 4.78 is 1.98. The molecule has 0 aliphatic carbocycles. The number of H-pyrrole nitrogens is 1. The van der Waals surface area contributed by atoms with Crippen molar-refractivity contribution < 1.29 is 0 Å². The lowest BCUT2D eigenvalue weighted by Gasteiger charge is -2.24. The van der Waals surface area contributed by atoms with Crippen LogP contribution in [-0.4, -0.2) is 36.7 Å². The van der Waals surface area contributed by atoms with Gasteiger partial charge in [0.15, 0.2) is 5.65 Å². The molecule has 0 saturated heterocycles. The highest BCUT2D eigenvalue weighted by Crippen LogP contribution is 2.24. The van der Waals surface area contributed by atoms with Crippen LogP contribution in [0.25, 0.3) is 11.2 Å². The molecule has 1 atom stereocenters. The van der Waals surface area contributed by atoms with Crippen LogP contribution < -0.4 is 11.1 Å². The number of hydrogen-bond acceptors (Lipinski definition) is 6. The average molecular weight is 374 g/mol. The van der Waals surface area contributed by atoms with E-state index < -0.39 is 0 Å². The van der Waals surface area contributed by atoms with Gasteiger partial charge in [-0.05, 0) is 53.8 Å². The summed E-state index contributed by atoms with van der Waals surface area (Å²) in [5.74, 6) is 0.457. The van der Waals surface area contributed by atoms with Crippen molar-refractivity contribution in [1.82, 2.24) is 35.5 Å². The van der Waals surface area contributed by atoms with Gasteiger partial charge in [-0.15, -0.1) is 5.10 Å². The highest BCUT2D eigenvalue weighted by molar-refractivity contribution is 5.76. The molecular weight excluding hydrogens is 352 g/mol. The largest absolute Gasteiger partial charge is 0.384 e. The van der Waals surface area contributed by atoms with E-state index in [9.17, 15) is 0 Å². The van der Waals surface area contributed by atoms with Crippen LogP contribution in [0.2, 0.25) is 0 Å². The molecule has 28 heavy (non-hydrogen) atoms. The van der Waals surface area contributed by atoms with Crippen LogP contribution in [0.5, 0.6) is 0 Å². The van der Waals surface area contributed by atoms with Gasteiger partial charge in [0, 0.05) is 18.7 Å². The summed E-state index contributed by atoms with van der Waals surface area (Å²) in [4.78, 5) is 4.21. The van der Waals surface area contributed by atoms with Gasteiger partial charge in [0.1, 0.15) is 11.3 Å². The van der Waals surface area contributed by atoms with E-state index in [4.69, 9.17) is 5.73 Å². The van der Waals surface area contributed by atoms with Crippen molar-refractivity contribution in [1.29, 1.82) is 0 Å². The first kappa shape index (κ1) is 16.9. The second kappa shape index (κ2) is 6.72. The highest BCUT2D eigenvalue weighted by Gasteiger charge is 2.16. The highest BCUT2D eigenvalue weighted by atomic mass is 15.3. The summed E-state index contributed by atoms with van der Waals surface area (Å²) in [6.07, 6.45) is 5.73. The summed E-state index contributed by atoms with van der Waals surface area (Å²) in [5, 5.41) is 18.8. The summed E-state index contributed by atoms with van der Waals surface area (Å²) >= 11 is 0. The van der Waals surface area contributed by atoms with E-state index >= 15 is 0 Å². The van der Waals surface area contributed by atoms with Gasteiger partial charge in [-0.25, -0.2) is 10.1 Å². The lowest BCUT2D eigenvalue weighted by atomic mass is 9.93. The number of nitrogen functional groups attached to an aromatic ring is 1. The first-order chi connectivity index (χ1) is 13.7. The molecule has 3 aromatic heterocycles. The average Bonchev–Trinajstić information content (AvgIpc) is 3.31. The summed E-state index contributed by atoms with van der Waals surface area (Å²) in [5.41, 5.74) is 13.5. The van der Waals surface area contributed by atoms with Crippen LogP contribution in [0.15, 0.2) is 36.7 Å². The van der Waals surface area contributed by atoms with Crippen molar-refractivity contribution in [2.24, 2.45) is 0 Å². The van der Waals surface area contributed by atoms with E-state index in [1.807, 2.05) is 16.9 Å². The molecule has 4 aromatic rings. The zero-order valence-corrected chi connectivity index (χ0v) is 15.7. The van der Waals surface area contributed by atoms with Crippen LogP contribution in [0.4, 0.5) is 5.82 Å². The van der Waals surface area contributed by atoms with Crippen molar-refractivity contribution in [2.75, 3.05) is 12.3 Å². The molecule has 1 aromatic carbocycles. The monoisotopic (exact) mass is 374 g/mol. The van der Waals surface area contributed by atoms with Gasteiger partial charge in [0.05, 0.1) is 12.7 Å². The molecule has 5 rings (SSSR count). The van der Waals surface area contributed by atoms with Gasteiger partial charge in [-0.3, -0.25) is 4.68 Å². The van der Waals surface area contributed by atoms with Gasteiger partial charge in [-0.1, -0.05) is 23.4 Å². The predicted octanol–water partition coefficient (Wildman–Crippen LogP) is 1.98. The van der Waals surface area contributed by atoms with Gasteiger partial charge in [0.25, 0.3) is 0 Å². The van der Waals surface area contributed by atoms with Crippen molar-refractivity contribution >= 4 is 17.0 Å². The van der Waals surface area contributed by atoms with Gasteiger partial charge in [0.2, 0.25) is 0 Å². The Morgan fingerprint density at radius 1 is 1.25 bits per heavy atom. The van der Waals surface area contributed by atoms with Crippen LogP contribution in [-0.2, 0) is 19.4 Å². The second-order valence-electron chi connectivity index (χ2n) is 7.40. The Labute approximate surface area is 162 Å². The molecule has 0 spiro atoms. The van der Waals surface area contributed by atoms with Gasteiger partial charge in [-0.2, -0.15) is 5.10 Å². The predicted molar refractivity (Wildman–Crippen MR) is 107 cm³/mol. The Kier molecular flexibility index (Phi) is 4.05. The molecule has 0 bridgehead atoms. The maximum Gasteiger partial charge on any atom is 0.178 e. The number of rotatable bonds is 4. The third-order valence-corrected chi connectivity index (χ3v) is 5.34. The fraction of sp³-hybridized carbons (Fsp3) is 0.300. The number of pyridine rings is 1. The zero-order valence-electron chi connectivity index (χ0n) is 15.7. The third kappa shape index (κ3) is 3.11. The molecule has 4 heterocycles. The first-order valence-electron chi connectivity index (χ1n) is 9.48. The lowest BCUT2D eigenvalue weighted by molar-refractivity contribution is 0.540. The smallest absolute Gasteiger partial charge is 0.178 e. The van der Waals surface area contributed by atoms with Crippen molar-refractivity contribution in [2.45, 2.75) is 32.4 Å². The molecule has 0 fully saturated rings. The number of nitrogens with one attached hydrogen (secondary N) is 2. The number of aromatic nitrogens is 6. The van der Waals surface area contributed by atoms with E-state index in [2.05, 4.69) is 62.1 Å². The Morgan fingerprint density at radius 3 is 3.11 bits per heavy atom. The molecule has 0 amide bonds. The fourth-order valence-electron chi connectivity index (χ4n) is 3.98. The molecule has 142 valence electrons. The first-order valence-corrected chi connectivity index (χ1v) is 9.48. The van der Waals surface area contributed by atoms with E-state index in [1.54, 1.807) is 0 Å². The summed E-state index contributed by atoms with van der Waals surface area (Å²) in [6.45, 7) is 4.01. The van der Waals surface area contributed by atoms with Crippen LogP contribution in [0.1, 0.15) is 40.8 Å². The molecule has 1 aliphatic heterocycles. The van der Waals surface area contributed by atoms with E-state index in [0.717, 1.165) is 36.2 Å². The SMILES string of the molecule is CC1NCCc2cc(Cn3cc(Cc4cc(N)nc5[nH]nnc45)cn3)ccc21. The normalized spacial score (nSPS) is 16.4. The van der Waals surface area contributed by atoms with E-state index in [1.165, 1.54) is 16.7 Å². The molecule has 1 aliphatic rings. The number of fused-ring (bicyclic) bond motifs is 2. The lowest BCUT2D eigenvalue weighted by Crippen LogP contribution is -2.27. The van der Waals surface area contributed by atoms with Crippen LogP contribution in [0.3, 0.4) is 0 Å². The minimum Gasteiger partial charge on any atom is -0.384 e. The van der Waals surface area contributed by atoms with E-state index in [0.29, 0.717) is 23.9 Å². The fourth-order valence-corrected chi connectivity index (χ4v) is 3.98. The maximum atomic E-state index is 5.90. The molecule has 1 unspecified atom stereocenters. The summed E-state index contributed by atoms with van der Waals surface area (Å²) in [6, 6.07) is 9.03. The number of benzene rings is 1. The molecule has 4 N–H and O–H groups in total. The Morgan fingerprint density at radius 2 is 2.18 bits per heavy atom. The van der Waals surface area contributed by atoms with Crippen LogP contribution >= 0.6 is 0 Å². The Bertz CT molecular complexity index is 1140. The second-order valence-corrected chi connectivity index (χ2v) is 7.40. The number of aromatic amines is 1. The quantitative estimate of drug-likeness (QED) is 0.504. The molecule has 8 heteroatoms. The van der Waals surface area contributed by atoms with E-state index in [-0.39, 0.29) is 0 Å². The minimum absolute atomic E-state index is 0.426. The molecule has 8 nitrogen and oxygen atoms in total. The zero-order chi connectivity index (χ0) is 19.1. The number of nitrogens with two attached hydrogens (primary N) is 1. The van der Waals surface area contributed by atoms with Crippen molar-refractivity contribution in [3.05, 3.63) is 64.5 Å². The Balaban J connectivity index is 1.36. The molecule has 0 saturated carbocycles. The van der Waals surface area contributed by atoms with Crippen molar-refractivity contribution in [3.8, 4) is 0 Å². The van der Waals surface area contributed by atoms with Gasteiger partial charge >= 0.3 is 0 Å². The molecule has 0 radical (unpaired) electrons. The van der Waals surface area contributed by atoms with Crippen molar-refractivity contribution in [3.63, 3.8) is 0 Å². The topological polar surface area (TPSA) is 110 Å². The standard InChI is InChI=1S/C20H22N8/c1-12-17-3-2-13(6-15(17)4-5-22-12)10-28-11-14(9-23-28)7-16-8-18(21)24-20-19(16)25-27-26-20/h2-3,6,8-9,11-12,22H,4-5,7,10H2,1H3,(H3,21,24,25,26,27). The van der Waals surface area contributed by atoms with Gasteiger partial charge < -0.3 is 11.1 Å².